The molecular weight excluding hydrogens is 366 g/mol. The fourth-order valence-corrected chi connectivity index (χ4v) is 4.84. The molecule has 28 heavy (non-hydrogen) atoms. The molecule has 1 aliphatic heterocycles. The molecule has 2 aromatic rings. The van der Waals surface area contributed by atoms with E-state index in [-0.39, 0.29) is 5.91 Å². The van der Waals surface area contributed by atoms with E-state index in [1.165, 1.54) is 40.8 Å². The molecule has 1 amide bonds. The Labute approximate surface area is 171 Å². The Hall–Kier alpha value is -2.29. The van der Waals surface area contributed by atoms with Gasteiger partial charge in [0.1, 0.15) is 0 Å². The van der Waals surface area contributed by atoms with Gasteiger partial charge in [0.25, 0.3) is 0 Å². The molecule has 0 unspecified atom stereocenters. The first-order valence-electron chi connectivity index (χ1n) is 9.95. The van der Waals surface area contributed by atoms with Gasteiger partial charge in [-0.3, -0.25) is 9.69 Å². The summed E-state index contributed by atoms with van der Waals surface area (Å²) in [4.78, 5) is 18.2. The highest BCUT2D eigenvalue weighted by Gasteiger charge is 2.21. The maximum absolute atomic E-state index is 12.6. The third kappa shape index (κ3) is 4.57. The van der Waals surface area contributed by atoms with E-state index in [1.54, 1.807) is 11.8 Å². The van der Waals surface area contributed by atoms with Crippen molar-refractivity contribution in [2.75, 3.05) is 31.9 Å². The third-order valence-corrected chi connectivity index (χ3v) is 6.63. The Balaban J connectivity index is 1.23. The quantitative estimate of drug-likeness (QED) is 0.732. The number of hydrogen-bond donors (Lipinski definition) is 0. The van der Waals surface area contributed by atoms with Crippen molar-refractivity contribution in [3.05, 3.63) is 64.7 Å². The minimum atomic E-state index is 0.239. The van der Waals surface area contributed by atoms with E-state index >= 15 is 0 Å². The Bertz CT molecular complexity index is 880. The first-order valence-corrected chi connectivity index (χ1v) is 10.9. The molecule has 2 aromatic carbocycles. The summed E-state index contributed by atoms with van der Waals surface area (Å²) in [6, 6.07) is 16.6. The maximum atomic E-state index is 12.6. The number of nitriles is 1. The molecular formula is C23H25N3OS. The number of rotatable bonds is 5. The van der Waals surface area contributed by atoms with Crippen molar-refractivity contribution in [1.82, 2.24) is 9.80 Å². The maximum Gasteiger partial charge on any atom is 0.233 e. The fraction of sp³-hybridized carbons (Fsp3) is 0.391. The number of piperazine rings is 1. The monoisotopic (exact) mass is 391 g/mol. The largest absolute Gasteiger partial charge is 0.339 e. The number of nitrogens with zero attached hydrogens (tertiary/aromatic N) is 3. The molecule has 1 saturated heterocycles. The van der Waals surface area contributed by atoms with Crippen LogP contribution in [0.3, 0.4) is 0 Å². The van der Waals surface area contributed by atoms with Gasteiger partial charge in [-0.25, -0.2) is 0 Å². The van der Waals surface area contributed by atoms with E-state index in [9.17, 15) is 4.79 Å². The molecule has 0 atom stereocenters. The van der Waals surface area contributed by atoms with Gasteiger partial charge >= 0.3 is 0 Å². The Morgan fingerprint density at radius 1 is 1.00 bits per heavy atom. The molecule has 2 aliphatic rings. The molecule has 4 rings (SSSR count). The van der Waals surface area contributed by atoms with Gasteiger partial charge in [-0.2, -0.15) is 5.26 Å². The number of aryl methyl sites for hydroxylation is 2. The van der Waals surface area contributed by atoms with Crippen LogP contribution in [-0.4, -0.2) is 47.6 Å². The number of benzene rings is 2. The van der Waals surface area contributed by atoms with Gasteiger partial charge < -0.3 is 4.90 Å². The van der Waals surface area contributed by atoms with Crippen LogP contribution in [-0.2, 0) is 24.2 Å². The van der Waals surface area contributed by atoms with Crippen molar-refractivity contribution < 1.29 is 4.79 Å². The van der Waals surface area contributed by atoms with Crippen molar-refractivity contribution in [2.45, 2.75) is 30.7 Å². The number of thioether (sulfide) groups is 1. The lowest BCUT2D eigenvalue weighted by Crippen LogP contribution is -2.48. The zero-order valence-corrected chi connectivity index (χ0v) is 16.9. The number of carbonyl (C=O) groups is 1. The highest BCUT2D eigenvalue weighted by Crippen LogP contribution is 2.27. The molecule has 1 fully saturated rings. The number of fused-ring (bicyclic) bond motifs is 1. The third-order valence-electron chi connectivity index (χ3n) is 5.65. The summed E-state index contributed by atoms with van der Waals surface area (Å²) in [6.45, 7) is 4.25. The predicted molar refractivity (Wildman–Crippen MR) is 112 cm³/mol. The van der Waals surface area contributed by atoms with E-state index in [2.05, 4.69) is 29.2 Å². The predicted octanol–water partition coefficient (Wildman–Crippen LogP) is 3.48. The molecule has 0 aromatic heterocycles. The Morgan fingerprint density at radius 3 is 2.50 bits per heavy atom. The first kappa shape index (κ1) is 19.0. The molecule has 1 aliphatic carbocycles. The van der Waals surface area contributed by atoms with Gasteiger partial charge in [-0.1, -0.05) is 18.2 Å². The molecule has 4 nitrogen and oxygen atoms in total. The summed E-state index contributed by atoms with van der Waals surface area (Å²) in [5, 5.41) is 8.89. The summed E-state index contributed by atoms with van der Waals surface area (Å²) < 4.78 is 0. The summed E-state index contributed by atoms with van der Waals surface area (Å²) in [7, 11) is 0. The van der Waals surface area contributed by atoms with Crippen LogP contribution in [0.1, 0.15) is 28.7 Å². The van der Waals surface area contributed by atoms with Crippen molar-refractivity contribution in [3.63, 3.8) is 0 Å². The van der Waals surface area contributed by atoms with Crippen LogP contribution in [0.2, 0.25) is 0 Å². The molecule has 5 heteroatoms. The van der Waals surface area contributed by atoms with Gasteiger partial charge in [-0.05, 0) is 60.2 Å². The average molecular weight is 392 g/mol. The average Bonchev–Trinajstić information content (AvgIpc) is 3.21. The molecule has 0 radical (unpaired) electrons. The number of amides is 1. The van der Waals surface area contributed by atoms with E-state index in [0.29, 0.717) is 11.3 Å². The second kappa shape index (κ2) is 8.81. The second-order valence-electron chi connectivity index (χ2n) is 7.54. The lowest BCUT2D eigenvalue weighted by Gasteiger charge is -2.34. The van der Waals surface area contributed by atoms with E-state index in [1.807, 2.05) is 29.2 Å². The standard InChI is InChI=1S/C23H25N3OS/c24-15-18-4-6-19(7-5-18)16-25-10-12-26(13-11-25)23(27)17-28-22-9-8-20-2-1-3-21(20)14-22/h4-9,14H,1-3,10-13,16-17H2. The summed E-state index contributed by atoms with van der Waals surface area (Å²) in [6.07, 6.45) is 3.64. The smallest absolute Gasteiger partial charge is 0.233 e. The second-order valence-corrected chi connectivity index (χ2v) is 8.59. The summed E-state index contributed by atoms with van der Waals surface area (Å²) >= 11 is 1.66. The van der Waals surface area contributed by atoms with Crippen LogP contribution >= 0.6 is 11.8 Å². The normalized spacial score (nSPS) is 16.6. The molecule has 0 spiro atoms. The van der Waals surface area contributed by atoms with Crippen LogP contribution in [0.25, 0.3) is 0 Å². The topological polar surface area (TPSA) is 47.3 Å². The van der Waals surface area contributed by atoms with Crippen molar-refractivity contribution in [1.29, 1.82) is 5.26 Å². The van der Waals surface area contributed by atoms with Gasteiger partial charge in [-0.15, -0.1) is 11.8 Å². The minimum absolute atomic E-state index is 0.239. The highest BCUT2D eigenvalue weighted by molar-refractivity contribution is 8.00. The molecule has 0 N–H and O–H groups in total. The SMILES string of the molecule is N#Cc1ccc(CN2CCN(C(=O)CSc3ccc4c(c3)CCC4)CC2)cc1. The van der Waals surface area contributed by atoms with Crippen LogP contribution in [0, 0.1) is 11.3 Å². The van der Waals surface area contributed by atoms with E-state index in [4.69, 9.17) is 5.26 Å². The highest BCUT2D eigenvalue weighted by atomic mass is 32.2. The van der Waals surface area contributed by atoms with E-state index in [0.717, 1.165) is 32.7 Å². The summed E-state index contributed by atoms with van der Waals surface area (Å²) in [5.41, 5.74) is 4.86. The van der Waals surface area contributed by atoms with Gasteiger partial charge in [0.05, 0.1) is 17.4 Å². The lowest BCUT2D eigenvalue weighted by molar-refractivity contribution is -0.130. The molecule has 0 bridgehead atoms. The van der Waals surface area contributed by atoms with Crippen molar-refractivity contribution in [3.8, 4) is 6.07 Å². The van der Waals surface area contributed by atoms with Gasteiger partial charge in [0, 0.05) is 37.6 Å². The van der Waals surface area contributed by atoms with Crippen LogP contribution < -0.4 is 0 Å². The van der Waals surface area contributed by atoms with Crippen molar-refractivity contribution in [2.24, 2.45) is 0 Å². The van der Waals surface area contributed by atoms with Gasteiger partial charge in [0.15, 0.2) is 0 Å². The lowest BCUT2D eigenvalue weighted by atomic mass is 10.1. The first-order chi connectivity index (χ1) is 13.7. The van der Waals surface area contributed by atoms with Crippen LogP contribution in [0.15, 0.2) is 47.4 Å². The van der Waals surface area contributed by atoms with Crippen LogP contribution in [0.5, 0.6) is 0 Å². The molecule has 1 heterocycles. The Morgan fingerprint density at radius 2 is 1.75 bits per heavy atom. The number of carbonyl (C=O) groups excluding carboxylic acids is 1. The Kier molecular flexibility index (Phi) is 5.99. The molecule has 0 saturated carbocycles. The fourth-order valence-electron chi connectivity index (χ4n) is 3.97. The van der Waals surface area contributed by atoms with Crippen LogP contribution in [0.4, 0.5) is 0 Å². The zero-order valence-electron chi connectivity index (χ0n) is 16.1. The zero-order chi connectivity index (χ0) is 19.3. The number of hydrogen-bond acceptors (Lipinski definition) is 4. The summed E-state index contributed by atoms with van der Waals surface area (Å²) in [5.74, 6) is 0.762. The van der Waals surface area contributed by atoms with Gasteiger partial charge in [0.2, 0.25) is 5.91 Å². The molecule has 144 valence electrons. The van der Waals surface area contributed by atoms with Crippen molar-refractivity contribution >= 4 is 17.7 Å². The minimum Gasteiger partial charge on any atom is -0.339 e. The van der Waals surface area contributed by atoms with E-state index < -0.39 is 0 Å².